The van der Waals surface area contributed by atoms with Crippen molar-refractivity contribution in [1.29, 1.82) is 0 Å². The van der Waals surface area contributed by atoms with E-state index in [-0.39, 0.29) is 16.7 Å². The zero-order chi connectivity index (χ0) is 16.3. The Hall–Kier alpha value is -2.16. The first-order valence-electron chi connectivity index (χ1n) is 6.91. The Morgan fingerprint density at radius 2 is 2.00 bits per heavy atom. The van der Waals surface area contributed by atoms with Crippen LogP contribution in [-0.4, -0.2) is 25.9 Å². The van der Waals surface area contributed by atoms with E-state index in [1.165, 1.54) is 6.07 Å². The molecule has 0 saturated carbocycles. The number of sulfonamides is 1. The maximum Gasteiger partial charge on any atom is 0.250 e. The molecule has 120 valence electrons. The minimum Gasteiger partial charge on any atom is -0.357 e. The quantitative estimate of drug-likeness (QED) is 0.634. The van der Waals surface area contributed by atoms with Gasteiger partial charge in [-0.05, 0) is 29.0 Å². The molecular formula is C15H15N3O3S2. The molecule has 0 radical (unpaired) electrons. The summed E-state index contributed by atoms with van der Waals surface area (Å²) in [7, 11) is -3.62. The number of hydrogen-bond donors (Lipinski definition) is 3. The third-order valence-electron chi connectivity index (χ3n) is 3.24. The van der Waals surface area contributed by atoms with Crippen LogP contribution in [0.15, 0.2) is 52.1 Å². The summed E-state index contributed by atoms with van der Waals surface area (Å²) in [6.07, 6.45) is 0. The van der Waals surface area contributed by atoms with Gasteiger partial charge < -0.3 is 10.3 Å². The van der Waals surface area contributed by atoms with Crippen molar-refractivity contribution in [3.05, 3.63) is 53.5 Å². The minimum atomic E-state index is -3.62. The van der Waals surface area contributed by atoms with Crippen LogP contribution < -0.4 is 10.0 Å². The Labute approximate surface area is 137 Å². The van der Waals surface area contributed by atoms with Gasteiger partial charge in [0.2, 0.25) is 5.91 Å². The molecule has 1 aromatic carbocycles. The summed E-state index contributed by atoms with van der Waals surface area (Å²) < 4.78 is 26.3. The summed E-state index contributed by atoms with van der Waals surface area (Å²) >= 11 is 1.11. The number of benzene rings is 1. The molecule has 8 heteroatoms. The Bertz CT molecular complexity index is 882. The van der Waals surface area contributed by atoms with Gasteiger partial charge in [0.1, 0.15) is 4.21 Å². The minimum absolute atomic E-state index is 0.195. The van der Waals surface area contributed by atoms with Crippen molar-refractivity contribution in [3.8, 4) is 0 Å². The topological polar surface area (TPSA) is 91.1 Å². The molecule has 0 spiro atoms. The van der Waals surface area contributed by atoms with Crippen LogP contribution in [0.4, 0.5) is 0 Å². The molecule has 0 unspecified atom stereocenters. The van der Waals surface area contributed by atoms with Crippen LogP contribution in [0.5, 0.6) is 0 Å². The molecule has 0 aliphatic rings. The lowest BCUT2D eigenvalue weighted by molar-refractivity contribution is -0.120. The predicted molar refractivity (Wildman–Crippen MR) is 89.7 cm³/mol. The molecule has 2 aromatic heterocycles. The fraction of sp³-hybridized carbons (Fsp3) is 0.133. The van der Waals surface area contributed by atoms with Gasteiger partial charge >= 0.3 is 0 Å². The summed E-state index contributed by atoms with van der Waals surface area (Å²) in [5.41, 5.74) is 1.86. The van der Waals surface area contributed by atoms with Crippen molar-refractivity contribution < 1.29 is 13.2 Å². The molecule has 23 heavy (non-hydrogen) atoms. The molecule has 3 rings (SSSR count). The highest BCUT2D eigenvalue weighted by Gasteiger charge is 2.16. The molecule has 0 atom stereocenters. The Morgan fingerprint density at radius 3 is 2.74 bits per heavy atom. The first-order chi connectivity index (χ1) is 11.0. The van der Waals surface area contributed by atoms with Gasteiger partial charge in [0.05, 0.1) is 13.1 Å². The maximum absolute atomic E-state index is 11.9. The molecule has 0 fully saturated rings. The maximum atomic E-state index is 11.9. The molecular weight excluding hydrogens is 334 g/mol. The fourth-order valence-electron chi connectivity index (χ4n) is 2.13. The molecule has 0 saturated heterocycles. The smallest absolute Gasteiger partial charge is 0.250 e. The number of thiophene rings is 1. The summed E-state index contributed by atoms with van der Waals surface area (Å²) in [5.74, 6) is -0.385. The van der Waals surface area contributed by atoms with E-state index in [1.807, 2.05) is 30.3 Å². The highest BCUT2D eigenvalue weighted by atomic mass is 32.2. The lowest BCUT2D eigenvalue weighted by Crippen LogP contribution is -2.36. The number of H-pyrrole nitrogens is 1. The van der Waals surface area contributed by atoms with E-state index in [2.05, 4.69) is 15.0 Å². The van der Waals surface area contributed by atoms with E-state index in [1.54, 1.807) is 11.4 Å². The lowest BCUT2D eigenvalue weighted by Gasteiger charge is -2.05. The molecule has 3 N–H and O–H groups in total. The normalized spacial score (nSPS) is 11.7. The summed E-state index contributed by atoms with van der Waals surface area (Å²) in [5, 5.41) is 5.42. The van der Waals surface area contributed by atoms with Crippen LogP contribution in [-0.2, 0) is 21.4 Å². The Morgan fingerprint density at radius 1 is 1.17 bits per heavy atom. The first-order valence-corrected chi connectivity index (χ1v) is 9.27. The molecule has 1 amide bonds. The summed E-state index contributed by atoms with van der Waals surface area (Å²) in [4.78, 5) is 15.0. The molecule has 0 aliphatic carbocycles. The van der Waals surface area contributed by atoms with Gasteiger partial charge in [0, 0.05) is 11.2 Å². The standard InChI is InChI=1S/C15H15N3O3S2/c19-14(10-17-23(20,21)15-6-3-7-22-15)16-9-12-8-11-4-1-2-5-13(11)18-12/h1-8,17-18H,9-10H2,(H,16,19). The van der Waals surface area contributed by atoms with Crippen LogP contribution in [0.3, 0.4) is 0 Å². The second-order valence-electron chi connectivity index (χ2n) is 4.92. The molecule has 0 aliphatic heterocycles. The zero-order valence-corrected chi connectivity index (χ0v) is 13.7. The monoisotopic (exact) mass is 349 g/mol. The van der Waals surface area contributed by atoms with Gasteiger partial charge in [0.25, 0.3) is 10.0 Å². The third kappa shape index (κ3) is 3.79. The Kier molecular flexibility index (Phi) is 4.46. The van der Waals surface area contributed by atoms with Crippen LogP contribution in [0.2, 0.25) is 0 Å². The number of amides is 1. The number of para-hydroxylation sites is 1. The van der Waals surface area contributed by atoms with Gasteiger partial charge in [-0.2, -0.15) is 0 Å². The highest BCUT2D eigenvalue weighted by molar-refractivity contribution is 7.91. The number of aromatic amines is 1. The van der Waals surface area contributed by atoms with E-state index in [0.29, 0.717) is 6.54 Å². The van der Waals surface area contributed by atoms with Gasteiger partial charge in [-0.3, -0.25) is 4.79 Å². The van der Waals surface area contributed by atoms with Crippen molar-refractivity contribution in [2.75, 3.05) is 6.54 Å². The average Bonchev–Trinajstić information content (AvgIpc) is 3.20. The number of rotatable bonds is 6. The van der Waals surface area contributed by atoms with E-state index in [0.717, 1.165) is 27.9 Å². The molecule has 0 bridgehead atoms. The van der Waals surface area contributed by atoms with E-state index in [9.17, 15) is 13.2 Å². The van der Waals surface area contributed by atoms with E-state index >= 15 is 0 Å². The lowest BCUT2D eigenvalue weighted by atomic mass is 10.2. The van der Waals surface area contributed by atoms with Crippen LogP contribution in [0.25, 0.3) is 10.9 Å². The van der Waals surface area contributed by atoms with E-state index < -0.39 is 10.0 Å². The first kappa shape index (κ1) is 15.7. The third-order valence-corrected chi connectivity index (χ3v) is 6.04. The van der Waals surface area contributed by atoms with Gasteiger partial charge in [-0.25, -0.2) is 13.1 Å². The fourth-order valence-corrected chi connectivity index (χ4v) is 4.15. The largest absolute Gasteiger partial charge is 0.357 e. The molecule has 3 aromatic rings. The van der Waals surface area contributed by atoms with Crippen LogP contribution in [0, 0.1) is 0 Å². The second kappa shape index (κ2) is 6.53. The van der Waals surface area contributed by atoms with Gasteiger partial charge in [-0.15, -0.1) is 11.3 Å². The van der Waals surface area contributed by atoms with Crippen LogP contribution in [0.1, 0.15) is 5.69 Å². The van der Waals surface area contributed by atoms with Crippen molar-refractivity contribution in [2.45, 2.75) is 10.8 Å². The number of nitrogens with one attached hydrogen (secondary N) is 3. The highest BCUT2D eigenvalue weighted by Crippen LogP contribution is 2.15. The molecule has 2 heterocycles. The summed E-state index contributed by atoms with van der Waals surface area (Å²) in [6.45, 7) is 0.0225. The van der Waals surface area contributed by atoms with Crippen molar-refractivity contribution >= 4 is 38.2 Å². The number of carbonyl (C=O) groups is 1. The van der Waals surface area contributed by atoms with Crippen molar-refractivity contribution in [1.82, 2.24) is 15.0 Å². The van der Waals surface area contributed by atoms with Gasteiger partial charge in [-0.1, -0.05) is 24.3 Å². The number of carbonyl (C=O) groups excluding carboxylic acids is 1. The summed E-state index contributed by atoms with van der Waals surface area (Å²) in [6, 6.07) is 12.9. The number of fused-ring (bicyclic) bond motifs is 1. The van der Waals surface area contributed by atoms with Crippen molar-refractivity contribution in [3.63, 3.8) is 0 Å². The van der Waals surface area contributed by atoms with Crippen molar-refractivity contribution in [2.24, 2.45) is 0 Å². The Balaban J connectivity index is 1.53. The zero-order valence-electron chi connectivity index (χ0n) is 12.1. The average molecular weight is 349 g/mol. The second-order valence-corrected chi connectivity index (χ2v) is 7.86. The molecule has 6 nitrogen and oxygen atoms in total. The predicted octanol–water partition coefficient (Wildman–Crippen LogP) is 1.82. The number of hydrogen-bond acceptors (Lipinski definition) is 4. The van der Waals surface area contributed by atoms with Crippen LogP contribution >= 0.6 is 11.3 Å². The number of aromatic nitrogens is 1. The SMILES string of the molecule is O=C(CNS(=O)(=O)c1cccs1)NCc1cc2ccccc2[nH]1. The van der Waals surface area contributed by atoms with E-state index in [4.69, 9.17) is 0 Å². The van der Waals surface area contributed by atoms with Gasteiger partial charge in [0.15, 0.2) is 0 Å².